The fourth-order valence-electron chi connectivity index (χ4n) is 21.4. The maximum absolute atomic E-state index is 13.0. The van der Waals surface area contributed by atoms with Crippen molar-refractivity contribution in [2.75, 3.05) is 0 Å². The van der Waals surface area contributed by atoms with E-state index in [1.165, 1.54) is 20.0 Å². The van der Waals surface area contributed by atoms with Gasteiger partial charge < -0.3 is 15.6 Å². The topological polar surface area (TPSA) is 408 Å². The van der Waals surface area contributed by atoms with Crippen molar-refractivity contribution in [1.82, 2.24) is 77.5 Å². The Bertz CT molecular complexity index is 8130. The number of carbonyl (C=O) groups is 7. The monoisotopic (exact) mass is 1990 g/mol. The Labute approximate surface area is 853 Å². The van der Waals surface area contributed by atoms with Crippen LogP contribution in [0.25, 0.3) is 76.3 Å². The minimum absolute atomic E-state index is 0.0451. The van der Waals surface area contributed by atoms with Gasteiger partial charge in [0.25, 0.3) is 38.9 Å². The van der Waals surface area contributed by atoms with Gasteiger partial charge in [0.15, 0.2) is 28.9 Å². The van der Waals surface area contributed by atoms with Crippen LogP contribution in [-0.2, 0) is 44.6 Å². The van der Waals surface area contributed by atoms with Gasteiger partial charge in [-0.25, -0.2) is 39.3 Å². The number of piperidine rings is 2. The normalized spacial score (nSPS) is 20.1. The summed E-state index contributed by atoms with van der Waals surface area (Å²) in [5.41, 5.74) is 13.3. The zero-order valence-electron chi connectivity index (χ0n) is 86.4. The van der Waals surface area contributed by atoms with Crippen LogP contribution >= 0.6 is 0 Å². The van der Waals surface area contributed by atoms with Crippen LogP contribution in [0.1, 0.15) is 234 Å². The summed E-state index contributed by atoms with van der Waals surface area (Å²) in [6.45, 7) is 52.6. The van der Waals surface area contributed by atoms with E-state index in [1.54, 1.807) is 67.4 Å². The van der Waals surface area contributed by atoms with Crippen LogP contribution in [0.15, 0.2) is 257 Å². The SMILES string of the molecule is C=C1CCC(n2c(=O)[nH]c3cccc(C)c3c2=O)C(=O)C1.C=C1CCC(n2c(C)nc3cccc(C)c3c2=O)C(=O)C1.C=C1CCC(n2cnc3cccc(C)c3c2=O)C(=O)C1.C=C1CC[C@@H](n2c(C)nc3cccc(C)c3c2=O)C(=O)C1.C=C1CC[C@@](C)(n2c(C)nc3cccc(C)c3c2=O)C(=O)N1.C=C1CC[C@H](n2c(C)nc3cccc(C)c3c2=O)C(=O)N1.C=C1CC[C@](C)(n2c(C)nc3cccc(C)c3c2=O)C(=O)C1. The van der Waals surface area contributed by atoms with Gasteiger partial charge in [0.2, 0.25) is 11.8 Å². The van der Waals surface area contributed by atoms with Crippen molar-refractivity contribution < 1.29 is 33.6 Å². The van der Waals surface area contributed by atoms with Gasteiger partial charge in [-0.3, -0.25) is 94.5 Å². The molecule has 148 heavy (non-hydrogen) atoms. The van der Waals surface area contributed by atoms with Crippen LogP contribution in [0.3, 0.4) is 0 Å². The Kier molecular flexibility index (Phi) is 31.0. The number of aromatic nitrogens is 14. The molecule has 31 heteroatoms. The molecule has 14 aromatic rings. The predicted molar refractivity (Wildman–Crippen MR) is 577 cm³/mol. The number of Topliss-reactive ketones (excluding diaryl/α,β-unsaturated/α-hetero) is 5. The zero-order chi connectivity index (χ0) is 107. The molecule has 5 aliphatic carbocycles. The molecule has 7 fully saturated rings. The third kappa shape index (κ3) is 21.1. The molecule has 2 amide bonds. The van der Waals surface area contributed by atoms with Crippen LogP contribution in [0.4, 0.5) is 0 Å². The third-order valence-corrected chi connectivity index (χ3v) is 29.5. The highest BCUT2D eigenvalue weighted by molar-refractivity contribution is 5.94. The third-order valence-electron chi connectivity index (χ3n) is 29.5. The lowest BCUT2D eigenvalue weighted by atomic mass is 9.79. The van der Waals surface area contributed by atoms with Crippen molar-refractivity contribution in [3.05, 3.63) is 370 Å². The van der Waals surface area contributed by atoms with Crippen molar-refractivity contribution in [3.63, 3.8) is 0 Å². The van der Waals surface area contributed by atoms with Crippen molar-refractivity contribution >= 4 is 117 Å². The quantitative estimate of drug-likeness (QED) is 0.125. The predicted octanol–water partition coefficient (Wildman–Crippen LogP) is 17.3. The molecule has 0 radical (unpaired) electrons. The molecule has 7 aromatic carbocycles. The summed E-state index contributed by atoms with van der Waals surface area (Å²) in [5.74, 6) is 2.61. The molecular formula is C117H124N16O15. The maximum Gasteiger partial charge on any atom is 0.329 e. The summed E-state index contributed by atoms with van der Waals surface area (Å²) >= 11 is 0. The van der Waals surface area contributed by atoms with Gasteiger partial charge >= 0.3 is 5.69 Å². The van der Waals surface area contributed by atoms with Gasteiger partial charge in [-0.2, -0.15) is 0 Å². The number of allylic oxidation sites excluding steroid dienone is 7. The Morgan fingerprint density at radius 1 is 0.297 bits per heavy atom. The molecule has 7 aliphatic rings. The number of nitrogens with one attached hydrogen (secondary N) is 3. The van der Waals surface area contributed by atoms with Gasteiger partial charge in [0.1, 0.15) is 52.3 Å². The second-order valence-corrected chi connectivity index (χ2v) is 40.4. The summed E-state index contributed by atoms with van der Waals surface area (Å²) in [4.78, 5) is 218. The summed E-state index contributed by atoms with van der Waals surface area (Å²) in [6.07, 6.45) is 12.4. The molecule has 3 unspecified atom stereocenters. The number of carbonyl (C=O) groups excluding carboxylic acids is 7. The summed E-state index contributed by atoms with van der Waals surface area (Å²) in [7, 11) is 0. The lowest BCUT2D eigenvalue weighted by molar-refractivity contribution is -0.130. The largest absolute Gasteiger partial charge is 0.329 e. The highest BCUT2D eigenvalue weighted by atomic mass is 16.2. The van der Waals surface area contributed by atoms with E-state index in [-0.39, 0.29) is 80.5 Å². The van der Waals surface area contributed by atoms with Crippen LogP contribution in [-0.4, -0.2) is 108 Å². The van der Waals surface area contributed by atoms with Gasteiger partial charge in [-0.15, -0.1) is 0 Å². The van der Waals surface area contributed by atoms with E-state index in [2.05, 4.69) is 91.6 Å². The van der Waals surface area contributed by atoms with E-state index < -0.39 is 52.5 Å². The van der Waals surface area contributed by atoms with Gasteiger partial charge in [-0.1, -0.05) is 159 Å². The molecule has 7 aromatic heterocycles. The molecule has 2 aliphatic heterocycles. The molecule has 0 bridgehead atoms. The molecule has 31 nitrogen and oxygen atoms in total. The number of hydrogen-bond donors (Lipinski definition) is 3. The summed E-state index contributed by atoms with van der Waals surface area (Å²) in [6, 6.07) is 36.6. The highest BCUT2D eigenvalue weighted by Crippen LogP contribution is 2.38. The van der Waals surface area contributed by atoms with Crippen molar-refractivity contribution in [2.24, 2.45) is 0 Å². The van der Waals surface area contributed by atoms with Gasteiger partial charge in [0, 0.05) is 43.5 Å². The second kappa shape index (κ2) is 43.2. The molecular weight excluding hydrogens is 1870 g/mol. The summed E-state index contributed by atoms with van der Waals surface area (Å²) < 4.78 is 10.3. The Morgan fingerprint density at radius 2 is 0.601 bits per heavy atom. The zero-order valence-corrected chi connectivity index (χ0v) is 86.4. The number of hydrogen-bond acceptors (Lipinski definition) is 21. The van der Waals surface area contributed by atoms with Crippen LogP contribution < -0.4 is 55.2 Å². The molecule has 21 rings (SSSR count). The molecule has 5 saturated carbocycles. The van der Waals surface area contributed by atoms with E-state index in [4.69, 9.17) is 0 Å². The molecule has 2 saturated heterocycles. The lowest BCUT2D eigenvalue weighted by Crippen LogP contribution is -2.54. The van der Waals surface area contributed by atoms with E-state index in [0.717, 1.165) is 97.1 Å². The van der Waals surface area contributed by atoms with E-state index in [1.807, 2.05) is 171 Å². The Balaban J connectivity index is 0.000000129. The number of ketones is 5. The fraction of sp³-hybridized carbons (Fsp3) is 0.342. The molecule has 9 heterocycles. The number of aromatic amines is 1. The minimum Gasteiger partial charge on any atom is -0.329 e. The molecule has 762 valence electrons. The Hall–Kier alpha value is -16.2. The van der Waals surface area contributed by atoms with Gasteiger partial charge in [0.05, 0.1) is 101 Å². The van der Waals surface area contributed by atoms with Crippen molar-refractivity contribution in [2.45, 2.75) is 260 Å². The average molecular weight is 1990 g/mol. The van der Waals surface area contributed by atoms with Crippen LogP contribution in [0.5, 0.6) is 0 Å². The number of benzene rings is 7. The first-order chi connectivity index (χ1) is 70.2. The first-order valence-corrected chi connectivity index (χ1v) is 49.8. The number of aryl methyl sites for hydroxylation is 12. The first kappa shape index (κ1) is 106. The smallest absolute Gasteiger partial charge is 0.329 e. The number of H-pyrrole nitrogens is 1. The molecule has 0 spiro atoms. The van der Waals surface area contributed by atoms with Crippen LogP contribution in [0.2, 0.25) is 0 Å². The molecule has 7 atom stereocenters. The van der Waals surface area contributed by atoms with Crippen LogP contribution in [0, 0.1) is 83.1 Å². The first-order valence-electron chi connectivity index (χ1n) is 49.8. The summed E-state index contributed by atoms with van der Waals surface area (Å²) in [5, 5.41) is 9.54. The molecule has 3 N–H and O–H groups in total. The minimum atomic E-state index is -0.939. The number of nitrogens with zero attached hydrogens (tertiary/aromatic N) is 13. The fourth-order valence-corrected chi connectivity index (χ4v) is 21.4. The van der Waals surface area contributed by atoms with E-state index in [0.29, 0.717) is 207 Å². The highest BCUT2D eigenvalue weighted by Gasteiger charge is 2.44. The van der Waals surface area contributed by atoms with E-state index >= 15 is 0 Å². The van der Waals surface area contributed by atoms with Gasteiger partial charge in [-0.05, 0) is 268 Å². The maximum atomic E-state index is 13.0. The standard InChI is InChI=1S/C18H20N2O2.C17H19N3O2.2C17H18N2O2.C16H17N3O2.C16H16N2O3.C16H16N2O2/c1-11-8-9-18(4,15(21)10-11)20-13(3)19-14-7-5-6-12(2)16(14)17(20)22;1-10-6-5-7-13-14(10)15(21)20(12(3)19-13)17(4)9-8-11(2)18-16(17)22;2*1-10-7-8-14(15(20)9-10)19-12(3)18-13-6-4-5-11(2)16(13)17(19)21;1-9-5-4-6-12-14(9)16(21)19(11(3)18-12)13-8-7-10(2)17-15(13)20;1-9-6-7-12(13(19)8-9)18-15(20)14-10(2)4-3-5-11(14)17-16(18)21;1-10-6-7-13(14(19)8-10)18-9-17-12-5-3-4-11(2)15(12)16(18)20/h5-7H,1,8-10H2,2-4H3;5-7H,2,8-9H2,1,3-4H3,(H,18,22);2*4-6,14H,1,7-9H2,2-3H3;4-6,13H,2,7-8H2,1,3H3,(H,17,20);3-5,12H,1,6-8H2,2H3,(H,17,21);3-5,9,13H,1,6-8H2,2H3/t18-;17-;14-;;13-;;/m011.0../s1. The second-order valence-electron chi connectivity index (χ2n) is 40.4. The van der Waals surface area contributed by atoms with Crippen molar-refractivity contribution in [3.8, 4) is 0 Å². The number of amides is 2. The number of fused-ring (bicyclic) bond motifs is 7. The lowest BCUT2D eigenvalue weighted by Gasteiger charge is -2.36. The average Bonchev–Trinajstić information content (AvgIpc) is 0.739. The van der Waals surface area contributed by atoms with E-state index in [9.17, 15) is 71.9 Å². The van der Waals surface area contributed by atoms with Crippen molar-refractivity contribution in [1.29, 1.82) is 0 Å². The Morgan fingerprint density at radius 3 is 0.980 bits per heavy atom. The number of rotatable bonds is 7.